The minimum absolute atomic E-state index is 0.0534. The maximum Gasteiger partial charge on any atom is 0.266 e. The number of anilines is 1. The predicted molar refractivity (Wildman–Crippen MR) is 92.9 cm³/mol. The largest absolute Gasteiger partial charge is 0.344 e. The Kier molecular flexibility index (Phi) is 4.13. The molecule has 0 N–H and O–H groups in total. The molecule has 1 aromatic carbocycles. The Morgan fingerprint density at radius 2 is 1.83 bits per heavy atom. The summed E-state index contributed by atoms with van der Waals surface area (Å²) < 4.78 is 13.5. The lowest BCUT2D eigenvalue weighted by atomic mass is 9.96. The molecule has 2 amide bonds. The van der Waals surface area contributed by atoms with E-state index in [9.17, 15) is 14.0 Å². The highest BCUT2D eigenvalue weighted by Gasteiger charge is 2.36. The molecule has 2 aliphatic rings. The van der Waals surface area contributed by atoms with Gasteiger partial charge in [0.25, 0.3) is 11.8 Å². The zero-order chi connectivity index (χ0) is 17.6. The summed E-state index contributed by atoms with van der Waals surface area (Å²) in [6, 6.07) is 4.68. The number of carbonyl (C=O) groups excluding carboxylic acids is 2. The lowest BCUT2D eigenvalue weighted by Gasteiger charge is -2.37. The third-order valence-electron chi connectivity index (χ3n) is 4.54. The Morgan fingerprint density at radius 3 is 2.46 bits per heavy atom. The number of amides is 2. The maximum absolute atomic E-state index is 13.5. The number of halogens is 1. The van der Waals surface area contributed by atoms with Gasteiger partial charge in [0.15, 0.2) is 5.11 Å². The van der Waals surface area contributed by atoms with Gasteiger partial charge in [-0.25, -0.2) is 4.39 Å². The monoisotopic (exact) mass is 347 g/mol. The molecule has 126 valence electrons. The molecule has 0 spiro atoms. The van der Waals surface area contributed by atoms with E-state index in [-0.39, 0.29) is 22.5 Å². The lowest BCUT2D eigenvalue weighted by molar-refractivity contribution is -0.132. The lowest BCUT2D eigenvalue weighted by Crippen LogP contribution is -2.53. The van der Waals surface area contributed by atoms with Crippen LogP contribution in [0.15, 0.2) is 30.0 Å². The molecule has 7 heteroatoms. The van der Waals surface area contributed by atoms with Crippen molar-refractivity contribution in [3.05, 3.63) is 41.4 Å². The number of thiocarbonyl (C=S) groups is 1. The molecule has 0 aromatic heterocycles. The van der Waals surface area contributed by atoms with Crippen LogP contribution in [0.1, 0.15) is 18.9 Å². The first kappa shape index (κ1) is 16.6. The van der Waals surface area contributed by atoms with Crippen LogP contribution in [-0.4, -0.2) is 46.9 Å². The Bertz CT molecular complexity index is 751. The first-order valence-corrected chi connectivity index (χ1v) is 8.10. The van der Waals surface area contributed by atoms with Crippen molar-refractivity contribution < 1.29 is 14.0 Å². The fourth-order valence-electron chi connectivity index (χ4n) is 3.04. The fraction of sp³-hybridized carbons (Fsp3) is 0.353. The number of hydrogen-bond acceptors (Lipinski definition) is 4. The van der Waals surface area contributed by atoms with Gasteiger partial charge in [0.1, 0.15) is 11.4 Å². The van der Waals surface area contributed by atoms with Crippen molar-refractivity contribution in [2.45, 2.75) is 25.8 Å². The molecule has 0 saturated carbocycles. The molecule has 2 aliphatic heterocycles. The van der Waals surface area contributed by atoms with Gasteiger partial charge in [0.05, 0.1) is 0 Å². The van der Waals surface area contributed by atoms with Crippen LogP contribution in [0.3, 0.4) is 0 Å². The van der Waals surface area contributed by atoms with Crippen molar-refractivity contribution >= 4 is 34.8 Å². The molecule has 1 atom stereocenters. The third-order valence-corrected chi connectivity index (χ3v) is 5.09. The summed E-state index contributed by atoms with van der Waals surface area (Å²) in [4.78, 5) is 29.4. The Morgan fingerprint density at radius 1 is 1.21 bits per heavy atom. The Balaban J connectivity index is 2.06. The van der Waals surface area contributed by atoms with Crippen LogP contribution in [0.25, 0.3) is 0 Å². The molecule has 1 aromatic rings. The van der Waals surface area contributed by atoms with E-state index in [1.54, 1.807) is 26.4 Å². The zero-order valence-corrected chi connectivity index (χ0v) is 14.6. The molecular formula is C17H18FN3O2S. The van der Waals surface area contributed by atoms with E-state index >= 15 is 0 Å². The average Bonchev–Trinajstić information content (AvgIpc) is 2.56. The van der Waals surface area contributed by atoms with Crippen LogP contribution >= 0.6 is 12.2 Å². The topological polar surface area (TPSA) is 43.9 Å². The summed E-state index contributed by atoms with van der Waals surface area (Å²) in [5.41, 5.74) is 1.75. The van der Waals surface area contributed by atoms with Gasteiger partial charge in [0.2, 0.25) is 0 Å². The van der Waals surface area contributed by atoms with Crippen LogP contribution in [-0.2, 0) is 16.0 Å². The van der Waals surface area contributed by atoms with Gasteiger partial charge in [-0.15, -0.1) is 0 Å². The maximum atomic E-state index is 13.5. The molecule has 3 rings (SSSR count). The second kappa shape index (κ2) is 5.98. The van der Waals surface area contributed by atoms with Gasteiger partial charge >= 0.3 is 0 Å². The van der Waals surface area contributed by atoms with Crippen molar-refractivity contribution in [3.63, 3.8) is 0 Å². The van der Waals surface area contributed by atoms with Crippen molar-refractivity contribution in [1.29, 1.82) is 0 Å². The molecule has 0 bridgehead atoms. The second-order valence-electron chi connectivity index (χ2n) is 6.12. The zero-order valence-electron chi connectivity index (χ0n) is 13.7. The van der Waals surface area contributed by atoms with Gasteiger partial charge in [-0.1, -0.05) is 0 Å². The van der Waals surface area contributed by atoms with E-state index < -0.39 is 11.8 Å². The van der Waals surface area contributed by atoms with E-state index in [1.807, 2.05) is 11.8 Å². The van der Waals surface area contributed by atoms with Crippen LogP contribution < -0.4 is 4.90 Å². The first-order chi connectivity index (χ1) is 11.3. The molecule has 2 heterocycles. The molecule has 0 radical (unpaired) electrons. The van der Waals surface area contributed by atoms with Crippen molar-refractivity contribution in [3.8, 4) is 0 Å². The van der Waals surface area contributed by atoms with Gasteiger partial charge in [-0.05, 0) is 55.7 Å². The summed E-state index contributed by atoms with van der Waals surface area (Å²) in [7, 11) is 3.09. The van der Waals surface area contributed by atoms with Crippen LogP contribution in [0.5, 0.6) is 0 Å². The quantitative estimate of drug-likeness (QED) is 0.443. The Hall–Kier alpha value is -2.28. The number of hydrogen-bond donors (Lipinski definition) is 0. The first-order valence-electron chi connectivity index (χ1n) is 7.70. The minimum atomic E-state index is -0.426. The number of rotatable bonds is 1. The molecule has 0 unspecified atom stereocenters. The van der Waals surface area contributed by atoms with E-state index in [2.05, 4.69) is 0 Å². The van der Waals surface area contributed by atoms with Crippen LogP contribution in [0.2, 0.25) is 0 Å². The van der Waals surface area contributed by atoms with E-state index in [0.29, 0.717) is 0 Å². The van der Waals surface area contributed by atoms with Gasteiger partial charge in [-0.3, -0.25) is 19.4 Å². The van der Waals surface area contributed by atoms with Crippen molar-refractivity contribution in [2.75, 3.05) is 19.0 Å². The highest BCUT2D eigenvalue weighted by atomic mass is 32.1. The smallest absolute Gasteiger partial charge is 0.266 e. The normalized spacial score (nSPS) is 21.3. The van der Waals surface area contributed by atoms with E-state index in [1.165, 1.54) is 21.9 Å². The number of carbonyl (C=O) groups is 2. The molecular weight excluding hydrogens is 329 g/mol. The van der Waals surface area contributed by atoms with Gasteiger partial charge in [-0.2, -0.15) is 0 Å². The summed E-state index contributed by atoms with van der Waals surface area (Å²) in [5, 5.41) is 0.177. The van der Waals surface area contributed by atoms with Crippen molar-refractivity contribution in [1.82, 2.24) is 9.80 Å². The molecule has 0 aliphatic carbocycles. The van der Waals surface area contributed by atoms with Gasteiger partial charge < -0.3 is 4.90 Å². The highest BCUT2D eigenvalue weighted by molar-refractivity contribution is 7.80. The van der Waals surface area contributed by atoms with E-state index in [0.717, 1.165) is 24.1 Å². The number of fused-ring (bicyclic) bond motifs is 1. The number of benzene rings is 1. The fourth-order valence-corrected chi connectivity index (χ4v) is 3.21. The average molecular weight is 347 g/mol. The molecule has 5 nitrogen and oxygen atoms in total. The summed E-state index contributed by atoms with van der Waals surface area (Å²) in [5.74, 6) is -1.14. The second-order valence-corrected chi connectivity index (χ2v) is 6.49. The summed E-state index contributed by atoms with van der Waals surface area (Å²) in [6.45, 7) is 2.01. The van der Waals surface area contributed by atoms with Crippen molar-refractivity contribution in [2.24, 2.45) is 0 Å². The number of likely N-dealkylation sites (N-methyl/N-ethyl adjacent to an activating group) is 2. The van der Waals surface area contributed by atoms with Crippen LogP contribution in [0.4, 0.5) is 10.1 Å². The van der Waals surface area contributed by atoms with E-state index in [4.69, 9.17) is 12.2 Å². The third kappa shape index (κ3) is 2.58. The molecule has 1 fully saturated rings. The SMILES string of the molecule is C[C@H]1CCc2cc(F)ccc2N1C=C1C(=O)N(C)C(=S)N(C)C1=O. The standard InChI is InChI=1S/C17H18FN3O2S/c1-10-4-5-11-8-12(18)6-7-14(11)21(10)9-13-15(22)19(2)17(24)20(3)16(13)23/h6-10H,4-5H2,1-3H3/t10-/m0/s1. The number of nitrogens with zero attached hydrogens (tertiary/aromatic N) is 3. The Labute approximate surface area is 145 Å². The highest BCUT2D eigenvalue weighted by Crippen LogP contribution is 2.32. The summed E-state index contributed by atoms with van der Waals surface area (Å²) in [6.07, 6.45) is 3.15. The number of aryl methyl sites for hydroxylation is 1. The molecule has 24 heavy (non-hydrogen) atoms. The molecule has 1 saturated heterocycles. The van der Waals surface area contributed by atoms with Crippen LogP contribution in [0, 0.1) is 5.82 Å². The summed E-state index contributed by atoms with van der Waals surface area (Å²) >= 11 is 5.09. The minimum Gasteiger partial charge on any atom is -0.344 e. The predicted octanol–water partition coefficient (Wildman–Crippen LogP) is 2.07. The van der Waals surface area contributed by atoms with Gasteiger partial charge in [0, 0.05) is 32.0 Å².